The summed E-state index contributed by atoms with van der Waals surface area (Å²) < 4.78 is 34.7. The Hall–Kier alpha value is -1.32. The molecule has 1 saturated carbocycles. The molecule has 158 valence electrons. The number of benzene rings is 1. The van der Waals surface area contributed by atoms with Crippen LogP contribution in [0.25, 0.3) is 0 Å². The number of likely N-dealkylation sites (tertiary alicyclic amines) is 1. The predicted molar refractivity (Wildman–Crippen MR) is 117 cm³/mol. The Morgan fingerprint density at radius 1 is 1.25 bits per heavy atom. The average molecular weight is 509 g/mol. The quantitative estimate of drug-likeness (QED) is 0.353. The fourth-order valence-electron chi connectivity index (χ4n) is 4.36. The first-order valence-electron chi connectivity index (χ1n) is 9.62. The Morgan fingerprint density at radius 3 is 2.64 bits per heavy atom. The number of aliphatic imine (C=N–C) groups is 1. The van der Waals surface area contributed by atoms with E-state index in [1.165, 1.54) is 39.2 Å². The van der Waals surface area contributed by atoms with Crippen molar-refractivity contribution >= 4 is 29.9 Å². The van der Waals surface area contributed by atoms with Gasteiger partial charge in [0.15, 0.2) is 17.5 Å². The molecule has 1 aliphatic heterocycles. The highest BCUT2D eigenvalue weighted by Crippen LogP contribution is 2.45. The van der Waals surface area contributed by atoms with Gasteiger partial charge in [-0.05, 0) is 48.8 Å². The molecule has 28 heavy (non-hydrogen) atoms. The van der Waals surface area contributed by atoms with Gasteiger partial charge in [-0.3, -0.25) is 4.99 Å². The van der Waals surface area contributed by atoms with Crippen LogP contribution in [0, 0.1) is 5.41 Å². The summed E-state index contributed by atoms with van der Waals surface area (Å²) in [4.78, 5) is 6.78. The van der Waals surface area contributed by atoms with Gasteiger partial charge < -0.3 is 19.7 Å². The van der Waals surface area contributed by atoms with Crippen LogP contribution >= 0.6 is 24.0 Å². The molecule has 1 aromatic carbocycles. The van der Waals surface area contributed by atoms with Gasteiger partial charge in [-0.15, -0.1) is 24.0 Å². The third-order valence-electron chi connectivity index (χ3n) is 5.75. The van der Waals surface area contributed by atoms with E-state index in [-0.39, 0.29) is 29.7 Å². The predicted octanol–water partition coefficient (Wildman–Crippen LogP) is 4.30. The number of nitrogens with one attached hydrogen (secondary N) is 1. The smallest absolute Gasteiger partial charge is 0.387 e. The summed E-state index contributed by atoms with van der Waals surface area (Å²) in [6.07, 6.45) is 7.29. The van der Waals surface area contributed by atoms with Gasteiger partial charge in [-0.2, -0.15) is 8.78 Å². The first-order valence-corrected chi connectivity index (χ1v) is 9.62. The molecule has 1 heterocycles. The number of alkyl halides is 2. The van der Waals surface area contributed by atoms with Crippen LogP contribution in [-0.2, 0) is 6.42 Å². The lowest BCUT2D eigenvalue weighted by atomic mass is 9.86. The van der Waals surface area contributed by atoms with Crippen LogP contribution < -0.4 is 14.8 Å². The normalized spacial score (nSPS) is 18.5. The third kappa shape index (κ3) is 5.61. The van der Waals surface area contributed by atoms with E-state index in [1.54, 1.807) is 12.1 Å². The Balaban J connectivity index is 0.00000280. The van der Waals surface area contributed by atoms with Crippen molar-refractivity contribution in [1.29, 1.82) is 0 Å². The van der Waals surface area contributed by atoms with Crippen molar-refractivity contribution in [3.8, 4) is 11.5 Å². The number of guanidine groups is 1. The average Bonchev–Trinajstić information content (AvgIpc) is 3.28. The van der Waals surface area contributed by atoms with E-state index in [2.05, 4.69) is 19.9 Å². The zero-order valence-corrected chi connectivity index (χ0v) is 18.9. The lowest BCUT2D eigenvalue weighted by Gasteiger charge is -2.26. The molecule has 8 heteroatoms. The summed E-state index contributed by atoms with van der Waals surface area (Å²) in [6.45, 7) is -0.0588. The molecule has 1 aromatic rings. The van der Waals surface area contributed by atoms with Gasteiger partial charge in [0.05, 0.1) is 7.11 Å². The van der Waals surface area contributed by atoms with E-state index in [4.69, 9.17) is 4.74 Å². The van der Waals surface area contributed by atoms with Crippen molar-refractivity contribution in [2.45, 2.75) is 45.1 Å². The number of methoxy groups -OCH3 is 1. The van der Waals surface area contributed by atoms with Crippen molar-refractivity contribution in [2.75, 3.05) is 33.8 Å². The van der Waals surface area contributed by atoms with Gasteiger partial charge >= 0.3 is 6.61 Å². The fourth-order valence-corrected chi connectivity index (χ4v) is 4.36. The van der Waals surface area contributed by atoms with Crippen molar-refractivity contribution in [2.24, 2.45) is 10.4 Å². The third-order valence-corrected chi connectivity index (χ3v) is 5.75. The van der Waals surface area contributed by atoms with E-state index in [0.29, 0.717) is 24.1 Å². The zero-order chi connectivity index (χ0) is 19.3. The van der Waals surface area contributed by atoms with Crippen LogP contribution in [0.3, 0.4) is 0 Å². The van der Waals surface area contributed by atoms with Crippen LogP contribution in [0.2, 0.25) is 0 Å². The number of rotatable bonds is 6. The number of hydrogen-bond donors (Lipinski definition) is 1. The molecule has 1 aliphatic carbocycles. The molecule has 2 fully saturated rings. The SMILES string of the molecule is CN=C(NCCc1ccc(OC)c(OC(F)F)c1)N1CCC2(CCCC2)C1.I. The lowest BCUT2D eigenvalue weighted by molar-refractivity contribution is -0.0512. The van der Waals surface area contributed by atoms with Crippen molar-refractivity contribution in [3.63, 3.8) is 0 Å². The summed E-state index contributed by atoms with van der Waals surface area (Å²) in [5.74, 6) is 1.30. The monoisotopic (exact) mass is 509 g/mol. The summed E-state index contributed by atoms with van der Waals surface area (Å²) in [5.41, 5.74) is 1.40. The van der Waals surface area contributed by atoms with E-state index >= 15 is 0 Å². The molecule has 0 radical (unpaired) electrons. The van der Waals surface area contributed by atoms with Gasteiger partial charge in [-0.1, -0.05) is 18.9 Å². The van der Waals surface area contributed by atoms with Crippen LogP contribution in [0.15, 0.2) is 23.2 Å². The first kappa shape index (κ1) is 23.0. The van der Waals surface area contributed by atoms with Gasteiger partial charge in [0.25, 0.3) is 0 Å². The van der Waals surface area contributed by atoms with Crippen molar-refractivity contribution in [3.05, 3.63) is 23.8 Å². The zero-order valence-electron chi connectivity index (χ0n) is 16.5. The molecule has 1 spiro atoms. The van der Waals surface area contributed by atoms with E-state index < -0.39 is 6.61 Å². The van der Waals surface area contributed by atoms with Gasteiger partial charge in [-0.25, -0.2) is 0 Å². The largest absolute Gasteiger partial charge is 0.493 e. The lowest BCUT2D eigenvalue weighted by Crippen LogP contribution is -2.41. The van der Waals surface area contributed by atoms with Crippen LogP contribution in [0.5, 0.6) is 11.5 Å². The second-order valence-corrected chi connectivity index (χ2v) is 7.47. The van der Waals surface area contributed by atoms with Crippen molar-refractivity contribution in [1.82, 2.24) is 10.2 Å². The highest BCUT2D eigenvalue weighted by atomic mass is 127. The molecule has 0 amide bonds. The molecule has 5 nitrogen and oxygen atoms in total. The Morgan fingerprint density at radius 2 is 2.00 bits per heavy atom. The van der Waals surface area contributed by atoms with Crippen LogP contribution in [0.1, 0.15) is 37.7 Å². The molecule has 0 aromatic heterocycles. The summed E-state index contributed by atoms with van der Waals surface area (Å²) in [7, 11) is 3.25. The second-order valence-electron chi connectivity index (χ2n) is 7.47. The number of ether oxygens (including phenoxy) is 2. The Bertz CT molecular complexity index is 667. The van der Waals surface area contributed by atoms with Gasteiger partial charge in [0, 0.05) is 26.7 Å². The molecule has 0 unspecified atom stereocenters. The molecular weight excluding hydrogens is 479 g/mol. The van der Waals surface area contributed by atoms with Gasteiger partial charge in [0.1, 0.15) is 0 Å². The first-order chi connectivity index (χ1) is 13.0. The minimum absolute atomic E-state index is 0. The molecular formula is C20H30F2IN3O2. The van der Waals surface area contributed by atoms with E-state index in [1.807, 2.05) is 13.1 Å². The summed E-state index contributed by atoms with van der Waals surface area (Å²) >= 11 is 0. The second kappa shape index (κ2) is 10.5. The molecule has 3 rings (SSSR count). The number of hydrogen-bond acceptors (Lipinski definition) is 3. The van der Waals surface area contributed by atoms with E-state index in [0.717, 1.165) is 24.6 Å². The standard InChI is InChI=1S/C20H29F2N3O2.HI/c1-23-19(25-12-10-20(14-25)8-3-4-9-20)24-11-7-15-5-6-16(26-2)17(13-15)27-18(21)22;/h5-6,13,18H,3-4,7-12,14H2,1-2H3,(H,23,24);1H. The molecule has 0 atom stereocenters. The van der Waals surface area contributed by atoms with Gasteiger partial charge in [0.2, 0.25) is 0 Å². The van der Waals surface area contributed by atoms with Crippen LogP contribution in [0.4, 0.5) is 8.78 Å². The minimum atomic E-state index is -2.87. The number of halogens is 3. The highest BCUT2D eigenvalue weighted by Gasteiger charge is 2.40. The molecule has 0 bridgehead atoms. The highest BCUT2D eigenvalue weighted by molar-refractivity contribution is 14.0. The summed E-state index contributed by atoms with van der Waals surface area (Å²) in [6, 6.07) is 5.13. The molecule has 1 N–H and O–H groups in total. The topological polar surface area (TPSA) is 46.1 Å². The minimum Gasteiger partial charge on any atom is -0.493 e. The van der Waals surface area contributed by atoms with E-state index in [9.17, 15) is 8.78 Å². The Labute approximate surface area is 182 Å². The molecule has 1 saturated heterocycles. The Kier molecular flexibility index (Phi) is 8.57. The molecule has 2 aliphatic rings. The number of nitrogens with zero attached hydrogens (tertiary/aromatic N) is 2. The van der Waals surface area contributed by atoms with Crippen LogP contribution in [-0.4, -0.2) is 51.3 Å². The fraction of sp³-hybridized carbons (Fsp3) is 0.650. The van der Waals surface area contributed by atoms with Crippen molar-refractivity contribution < 1.29 is 18.3 Å². The maximum atomic E-state index is 12.6. The maximum absolute atomic E-state index is 12.6. The summed E-state index contributed by atoms with van der Waals surface area (Å²) in [5, 5.41) is 3.41. The maximum Gasteiger partial charge on any atom is 0.387 e.